The van der Waals surface area contributed by atoms with Crippen LogP contribution in [0.3, 0.4) is 0 Å². The molecule has 4 rings (SSSR count). The van der Waals surface area contributed by atoms with Gasteiger partial charge < -0.3 is 4.42 Å². The Morgan fingerprint density at radius 2 is 1.92 bits per heavy atom. The molecule has 0 radical (unpaired) electrons. The molecule has 0 fully saturated rings. The molecule has 0 saturated heterocycles. The number of benzene rings is 1. The number of fused-ring (bicyclic) bond motifs is 1. The van der Waals surface area contributed by atoms with Gasteiger partial charge in [0.15, 0.2) is 0 Å². The number of rotatable bonds is 5. The molecule has 25 heavy (non-hydrogen) atoms. The van der Waals surface area contributed by atoms with Crippen LogP contribution >= 0.6 is 11.3 Å². The van der Waals surface area contributed by atoms with Crippen molar-refractivity contribution in [2.45, 2.75) is 20.0 Å². The highest BCUT2D eigenvalue weighted by Crippen LogP contribution is 2.24. The van der Waals surface area contributed by atoms with E-state index >= 15 is 0 Å². The van der Waals surface area contributed by atoms with E-state index in [1.54, 1.807) is 23.7 Å². The van der Waals surface area contributed by atoms with Crippen LogP contribution in [0.5, 0.6) is 0 Å². The van der Waals surface area contributed by atoms with E-state index in [0.29, 0.717) is 5.89 Å². The summed E-state index contributed by atoms with van der Waals surface area (Å²) in [7, 11) is 2.08. The SMILES string of the molecule is Cc1oc(-c2ccsc2)nc1CN(C)Cc1ccc2nccnc2c1. The van der Waals surface area contributed by atoms with Gasteiger partial charge in [-0.1, -0.05) is 6.07 Å². The summed E-state index contributed by atoms with van der Waals surface area (Å²) in [4.78, 5) is 15.6. The molecule has 0 bridgehead atoms. The van der Waals surface area contributed by atoms with E-state index in [1.165, 1.54) is 5.56 Å². The number of hydrogen-bond acceptors (Lipinski definition) is 6. The number of aryl methyl sites for hydroxylation is 1. The maximum absolute atomic E-state index is 5.82. The van der Waals surface area contributed by atoms with Gasteiger partial charge in [-0.15, -0.1) is 0 Å². The third kappa shape index (κ3) is 3.45. The summed E-state index contributed by atoms with van der Waals surface area (Å²) in [5.41, 5.74) is 5.06. The van der Waals surface area contributed by atoms with E-state index in [1.807, 2.05) is 24.4 Å². The minimum atomic E-state index is 0.697. The van der Waals surface area contributed by atoms with E-state index in [4.69, 9.17) is 4.42 Å². The quantitative estimate of drug-likeness (QED) is 0.537. The van der Waals surface area contributed by atoms with E-state index in [2.05, 4.69) is 44.4 Å². The Kier molecular flexibility index (Phi) is 4.29. The molecule has 0 N–H and O–H groups in total. The van der Waals surface area contributed by atoms with Crippen LogP contribution in [0.2, 0.25) is 0 Å². The van der Waals surface area contributed by atoms with Crippen molar-refractivity contribution >= 4 is 22.4 Å². The van der Waals surface area contributed by atoms with Crippen LogP contribution in [-0.4, -0.2) is 26.9 Å². The molecular formula is C19H18N4OS. The number of nitrogens with zero attached hydrogens (tertiary/aromatic N) is 4. The highest BCUT2D eigenvalue weighted by molar-refractivity contribution is 7.08. The fourth-order valence-electron chi connectivity index (χ4n) is 2.81. The van der Waals surface area contributed by atoms with Gasteiger partial charge in [0.1, 0.15) is 5.76 Å². The minimum absolute atomic E-state index is 0.697. The van der Waals surface area contributed by atoms with Gasteiger partial charge in [0, 0.05) is 36.4 Å². The summed E-state index contributed by atoms with van der Waals surface area (Å²) in [5, 5.41) is 4.08. The average molecular weight is 350 g/mol. The number of oxazole rings is 1. The van der Waals surface area contributed by atoms with Crippen LogP contribution < -0.4 is 0 Å². The van der Waals surface area contributed by atoms with E-state index in [9.17, 15) is 0 Å². The Labute approximate surface area is 150 Å². The Bertz CT molecular complexity index is 994. The third-order valence-corrected chi connectivity index (χ3v) is 4.75. The fourth-order valence-corrected chi connectivity index (χ4v) is 3.44. The topological polar surface area (TPSA) is 55.1 Å². The van der Waals surface area contributed by atoms with Crippen LogP contribution in [0.4, 0.5) is 0 Å². The molecule has 0 aliphatic carbocycles. The first-order chi connectivity index (χ1) is 12.2. The number of thiophene rings is 1. The van der Waals surface area contributed by atoms with Gasteiger partial charge in [-0.2, -0.15) is 11.3 Å². The van der Waals surface area contributed by atoms with Crippen LogP contribution in [0.15, 0.2) is 51.8 Å². The second kappa shape index (κ2) is 6.74. The molecular weight excluding hydrogens is 332 g/mol. The largest absolute Gasteiger partial charge is 0.441 e. The van der Waals surface area contributed by atoms with Crippen LogP contribution in [0.1, 0.15) is 17.0 Å². The maximum Gasteiger partial charge on any atom is 0.227 e. The van der Waals surface area contributed by atoms with E-state index in [0.717, 1.165) is 41.1 Å². The minimum Gasteiger partial charge on any atom is -0.441 e. The van der Waals surface area contributed by atoms with Crippen molar-refractivity contribution in [2.75, 3.05) is 7.05 Å². The predicted molar refractivity (Wildman–Crippen MR) is 99.3 cm³/mol. The molecule has 0 amide bonds. The van der Waals surface area contributed by atoms with Crippen molar-refractivity contribution in [3.05, 3.63) is 64.4 Å². The van der Waals surface area contributed by atoms with E-state index in [-0.39, 0.29) is 0 Å². The smallest absolute Gasteiger partial charge is 0.227 e. The van der Waals surface area contributed by atoms with Gasteiger partial charge in [-0.25, -0.2) is 4.98 Å². The molecule has 0 saturated carbocycles. The van der Waals surface area contributed by atoms with Gasteiger partial charge in [0.05, 0.1) is 16.7 Å². The van der Waals surface area contributed by atoms with Gasteiger partial charge in [0.2, 0.25) is 5.89 Å². The second-order valence-corrected chi connectivity index (χ2v) is 6.87. The lowest BCUT2D eigenvalue weighted by atomic mass is 10.2. The van der Waals surface area contributed by atoms with Crippen LogP contribution in [0, 0.1) is 6.92 Å². The van der Waals surface area contributed by atoms with Crippen LogP contribution in [-0.2, 0) is 13.1 Å². The molecule has 0 atom stereocenters. The Hall–Kier alpha value is -2.57. The molecule has 4 aromatic rings. The van der Waals surface area contributed by atoms with Crippen molar-refractivity contribution in [3.63, 3.8) is 0 Å². The molecule has 0 aliphatic rings. The molecule has 6 heteroatoms. The van der Waals surface area contributed by atoms with E-state index < -0.39 is 0 Å². The van der Waals surface area contributed by atoms with Gasteiger partial charge >= 0.3 is 0 Å². The Balaban J connectivity index is 1.49. The highest BCUT2D eigenvalue weighted by atomic mass is 32.1. The van der Waals surface area contributed by atoms with Crippen molar-refractivity contribution in [1.82, 2.24) is 19.9 Å². The first-order valence-corrected chi connectivity index (χ1v) is 9.00. The molecule has 3 heterocycles. The maximum atomic E-state index is 5.82. The average Bonchev–Trinajstić information content (AvgIpc) is 3.25. The molecule has 3 aromatic heterocycles. The zero-order chi connectivity index (χ0) is 17.2. The molecule has 0 spiro atoms. The summed E-state index contributed by atoms with van der Waals surface area (Å²) in [6.45, 7) is 3.52. The standard InChI is InChI=1S/C19H18N4OS/c1-13-18(22-19(24-13)15-5-8-25-12-15)11-23(2)10-14-3-4-16-17(9-14)21-7-6-20-16/h3-9,12H,10-11H2,1-2H3. The van der Waals surface area contributed by atoms with Gasteiger partial charge in [-0.3, -0.25) is 14.9 Å². The first-order valence-electron chi connectivity index (χ1n) is 8.06. The van der Waals surface area contributed by atoms with Crippen LogP contribution in [0.25, 0.3) is 22.5 Å². The summed E-state index contributed by atoms with van der Waals surface area (Å²) in [6, 6.07) is 8.23. The zero-order valence-electron chi connectivity index (χ0n) is 14.1. The normalized spacial score (nSPS) is 11.5. The van der Waals surface area contributed by atoms with Crippen molar-refractivity contribution in [1.29, 1.82) is 0 Å². The third-order valence-electron chi connectivity index (χ3n) is 4.07. The number of aromatic nitrogens is 3. The van der Waals surface area contributed by atoms with Gasteiger partial charge in [-0.05, 0) is 43.1 Å². The molecule has 5 nitrogen and oxygen atoms in total. The Morgan fingerprint density at radius 3 is 2.72 bits per heavy atom. The second-order valence-electron chi connectivity index (χ2n) is 6.09. The van der Waals surface area contributed by atoms with Crippen molar-refractivity contribution in [2.24, 2.45) is 0 Å². The lowest BCUT2D eigenvalue weighted by Gasteiger charge is -2.15. The molecule has 0 aliphatic heterocycles. The van der Waals surface area contributed by atoms with Crippen molar-refractivity contribution < 1.29 is 4.42 Å². The molecule has 126 valence electrons. The lowest BCUT2D eigenvalue weighted by Crippen LogP contribution is -2.18. The summed E-state index contributed by atoms with van der Waals surface area (Å²) in [6.07, 6.45) is 3.44. The monoisotopic (exact) mass is 350 g/mol. The highest BCUT2D eigenvalue weighted by Gasteiger charge is 2.14. The summed E-state index contributed by atoms with van der Waals surface area (Å²) in [5.74, 6) is 1.57. The predicted octanol–water partition coefficient (Wildman–Crippen LogP) is 4.29. The first kappa shape index (κ1) is 15.9. The molecule has 1 aromatic carbocycles. The number of hydrogen-bond donors (Lipinski definition) is 0. The Morgan fingerprint density at radius 1 is 1.08 bits per heavy atom. The summed E-state index contributed by atoms with van der Waals surface area (Å²) >= 11 is 1.64. The zero-order valence-corrected chi connectivity index (χ0v) is 15.0. The summed E-state index contributed by atoms with van der Waals surface area (Å²) < 4.78 is 5.82. The molecule has 0 unspecified atom stereocenters. The van der Waals surface area contributed by atoms with Crippen molar-refractivity contribution in [3.8, 4) is 11.5 Å². The fraction of sp³-hybridized carbons (Fsp3) is 0.211. The lowest BCUT2D eigenvalue weighted by molar-refractivity contribution is 0.313. The van der Waals surface area contributed by atoms with Gasteiger partial charge in [0.25, 0.3) is 0 Å².